The molecule has 164 valence electrons. The predicted octanol–water partition coefficient (Wildman–Crippen LogP) is 5.09. The minimum atomic E-state index is -3.23. The van der Waals surface area contributed by atoms with Crippen LogP contribution >= 0.6 is 0 Å². The van der Waals surface area contributed by atoms with Gasteiger partial charge in [-0.3, -0.25) is 9.35 Å². The van der Waals surface area contributed by atoms with Crippen molar-refractivity contribution in [3.8, 4) is 5.69 Å². The van der Waals surface area contributed by atoms with Crippen LogP contribution in [0, 0.1) is 0 Å². The number of nitrogens with zero attached hydrogens (tertiary/aromatic N) is 2. The molecule has 0 saturated carbocycles. The number of aromatic nitrogens is 1. The SMILES string of the molecule is CN(OS(=O)O)c1ccc2cc(C=O)n(-c3cccc(C(F)(F)c4ccccc4)c3)c2c1. The summed E-state index contributed by atoms with van der Waals surface area (Å²) in [5.41, 5.74) is 1.27. The van der Waals surface area contributed by atoms with Crippen molar-refractivity contribution in [1.29, 1.82) is 0 Å². The Hall–Kier alpha value is -3.40. The monoisotopic (exact) mass is 456 g/mol. The number of halogens is 2. The van der Waals surface area contributed by atoms with Crippen LogP contribution in [0.2, 0.25) is 0 Å². The first-order valence-corrected chi connectivity index (χ1v) is 10.5. The normalized spacial score (nSPS) is 12.6. The van der Waals surface area contributed by atoms with E-state index < -0.39 is 17.3 Å². The molecule has 9 heteroatoms. The summed E-state index contributed by atoms with van der Waals surface area (Å²) in [6, 6.07) is 19.9. The number of fused-ring (bicyclic) bond motifs is 1. The highest BCUT2D eigenvalue weighted by molar-refractivity contribution is 7.74. The number of hydrogen-bond acceptors (Lipinski definition) is 4. The van der Waals surface area contributed by atoms with Gasteiger partial charge in [0.25, 0.3) is 5.92 Å². The highest BCUT2D eigenvalue weighted by atomic mass is 32.2. The maximum absolute atomic E-state index is 15.1. The van der Waals surface area contributed by atoms with Gasteiger partial charge < -0.3 is 4.57 Å². The summed E-state index contributed by atoms with van der Waals surface area (Å²) in [6.07, 6.45) is 0.644. The molecule has 6 nitrogen and oxygen atoms in total. The molecule has 3 aromatic carbocycles. The van der Waals surface area contributed by atoms with E-state index in [1.54, 1.807) is 53.1 Å². The third-order valence-electron chi connectivity index (χ3n) is 5.08. The summed E-state index contributed by atoms with van der Waals surface area (Å²) >= 11 is -2.52. The van der Waals surface area contributed by atoms with Gasteiger partial charge in [0.05, 0.1) is 16.9 Å². The zero-order valence-corrected chi connectivity index (χ0v) is 17.6. The van der Waals surface area contributed by atoms with Crippen molar-refractivity contribution in [2.24, 2.45) is 0 Å². The van der Waals surface area contributed by atoms with E-state index in [-0.39, 0.29) is 16.8 Å². The fourth-order valence-electron chi connectivity index (χ4n) is 3.57. The molecule has 0 aliphatic rings. The Morgan fingerprint density at radius 1 is 1.00 bits per heavy atom. The highest BCUT2D eigenvalue weighted by Gasteiger charge is 2.34. The van der Waals surface area contributed by atoms with Crippen LogP contribution in [-0.4, -0.2) is 26.7 Å². The second-order valence-corrected chi connectivity index (χ2v) is 7.63. The molecule has 0 amide bonds. The minimum absolute atomic E-state index is 0.136. The molecule has 1 unspecified atom stereocenters. The third kappa shape index (κ3) is 4.05. The van der Waals surface area contributed by atoms with Gasteiger partial charge in [0.2, 0.25) is 0 Å². The molecular formula is C23H18F2N2O4S. The van der Waals surface area contributed by atoms with Crippen LogP contribution in [0.4, 0.5) is 14.5 Å². The van der Waals surface area contributed by atoms with Crippen LogP contribution in [0.3, 0.4) is 0 Å². The van der Waals surface area contributed by atoms with Crippen molar-refractivity contribution in [2.75, 3.05) is 12.1 Å². The summed E-state index contributed by atoms with van der Waals surface area (Å²) in [6.45, 7) is 0. The summed E-state index contributed by atoms with van der Waals surface area (Å²) in [4.78, 5) is 11.8. The molecule has 0 fully saturated rings. The van der Waals surface area contributed by atoms with Crippen LogP contribution in [0.1, 0.15) is 21.6 Å². The van der Waals surface area contributed by atoms with E-state index in [1.165, 1.54) is 37.4 Å². The average Bonchev–Trinajstić information content (AvgIpc) is 3.17. The Morgan fingerprint density at radius 2 is 1.72 bits per heavy atom. The number of benzene rings is 3. The average molecular weight is 456 g/mol. The molecule has 0 bridgehead atoms. The number of alkyl halides is 2. The van der Waals surface area contributed by atoms with Gasteiger partial charge in [-0.05, 0) is 30.3 Å². The second kappa shape index (κ2) is 8.62. The van der Waals surface area contributed by atoms with E-state index in [0.29, 0.717) is 28.6 Å². The van der Waals surface area contributed by atoms with E-state index in [1.807, 2.05) is 0 Å². The highest BCUT2D eigenvalue weighted by Crippen LogP contribution is 2.37. The summed E-state index contributed by atoms with van der Waals surface area (Å²) < 4.78 is 56.5. The summed E-state index contributed by atoms with van der Waals surface area (Å²) in [7, 11) is 1.45. The number of hydrogen-bond donors (Lipinski definition) is 1. The van der Waals surface area contributed by atoms with E-state index in [9.17, 15) is 9.00 Å². The number of anilines is 1. The Bertz CT molecular complexity index is 1310. The quantitative estimate of drug-likeness (QED) is 0.238. The van der Waals surface area contributed by atoms with Gasteiger partial charge in [0.1, 0.15) is 0 Å². The first-order valence-electron chi connectivity index (χ1n) is 9.49. The predicted molar refractivity (Wildman–Crippen MR) is 118 cm³/mol. The van der Waals surface area contributed by atoms with Crippen molar-refractivity contribution < 1.29 is 26.6 Å². The van der Waals surface area contributed by atoms with E-state index in [0.717, 1.165) is 5.06 Å². The number of hydroxylamine groups is 1. The van der Waals surface area contributed by atoms with Crippen LogP contribution in [0.5, 0.6) is 0 Å². The molecular weight excluding hydrogens is 438 g/mol. The lowest BCUT2D eigenvalue weighted by Crippen LogP contribution is -2.18. The molecule has 1 heterocycles. The van der Waals surface area contributed by atoms with Crippen molar-refractivity contribution in [2.45, 2.75) is 5.92 Å². The first kappa shape index (κ1) is 21.8. The molecule has 1 N–H and O–H groups in total. The minimum Gasteiger partial charge on any atom is -0.307 e. The van der Waals surface area contributed by atoms with Crippen LogP contribution < -0.4 is 5.06 Å². The smallest absolute Gasteiger partial charge is 0.307 e. The fraction of sp³-hybridized carbons (Fsp3) is 0.0870. The third-order valence-corrected chi connectivity index (χ3v) is 5.43. The molecule has 4 aromatic rings. The lowest BCUT2D eigenvalue weighted by atomic mass is 10.00. The number of rotatable bonds is 7. The molecule has 1 aromatic heterocycles. The lowest BCUT2D eigenvalue weighted by molar-refractivity contribution is 0.0428. The fourth-order valence-corrected chi connectivity index (χ4v) is 3.85. The van der Waals surface area contributed by atoms with Gasteiger partial charge in [0.15, 0.2) is 6.29 Å². The van der Waals surface area contributed by atoms with Gasteiger partial charge in [-0.2, -0.15) is 13.0 Å². The Morgan fingerprint density at radius 3 is 2.41 bits per heavy atom. The topological polar surface area (TPSA) is 71.8 Å². The van der Waals surface area contributed by atoms with Crippen molar-refractivity contribution >= 4 is 34.2 Å². The molecule has 0 spiro atoms. The maximum atomic E-state index is 15.1. The lowest BCUT2D eigenvalue weighted by Gasteiger charge is -2.19. The zero-order valence-electron chi connectivity index (χ0n) is 16.8. The largest absolute Gasteiger partial charge is 0.325 e. The first-order chi connectivity index (χ1) is 15.3. The van der Waals surface area contributed by atoms with Crippen LogP contribution in [0.15, 0.2) is 78.9 Å². The van der Waals surface area contributed by atoms with Gasteiger partial charge >= 0.3 is 11.4 Å². The Labute approximate surface area is 185 Å². The van der Waals surface area contributed by atoms with E-state index in [2.05, 4.69) is 0 Å². The van der Waals surface area contributed by atoms with Crippen molar-refractivity contribution in [3.63, 3.8) is 0 Å². The van der Waals surface area contributed by atoms with Gasteiger partial charge in [-0.15, -0.1) is 4.28 Å². The van der Waals surface area contributed by atoms with Crippen molar-refractivity contribution in [1.82, 2.24) is 4.57 Å². The summed E-state index contributed by atoms with van der Waals surface area (Å²) in [5.74, 6) is -3.23. The van der Waals surface area contributed by atoms with Crippen LogP contribution in [-0.2, 0) is 21.6 Å². The number of carbonyl (C=O) groups excluding carboxylic acids is 1. The summed E-state index contributed by atoms with van der Waals surface area (Å²) in [5, 5.41) is 1.79. The molecule has 4 rings (SSSR count). The Kier molecular flexibility index (Phi) is 5.88. The van der Waals surface area contributed by atoms with Gasteiger partial charge in [-0.25, -0.2) is 5.06 Å². The number of carbonyl (C=O) groups is 1. The maximum Gasteiger partial charge on any atom is 0.325 e. The van der Waals surface area contributed by atoms with Gasteiger partial charge in [-0.1, -0.05) is 48.5 Å². The van der Waals surface area contributed by atoms with Gasteiger partial charge in [0, 0.05) is 29.2 Å². The molecule has 0 radical (unpaired) electrons. The zero-order chi connectivity index (χ0) is 22.9. The molecule has 0 saturated heterocycles. The standard InChI is InChI=1S/C23H18F2N2O4S/c1-26(31-32(29)30)19-11-10-16-12-21(15-28)27(22(16)14-19)20-9-5-8-18(13-20)23(24,25)17-6-3-2-4-7-17/h2-15H,1H3,(H,29,30). The van der Waals surface area contributed by atoms with E-state index in [4.69, 9.17) is 8.84 Å². The second-order valence-electron chi connectivity index (χ2n) is 7.05. The molecule has 0 aliphatic heterocycles. The number of aldehydes is 1. The van der Waals surface area contributed by atoms with Crippen molar-refractivity contribution in [3.05, 3.63) is 95.7 Å². The molecule has 0 aliphatic carbocycles. The molecule has 32 heavy (non-hydrogen) atoms. The Balaban J connectivity index is 1.85. The van der Waals surface area contributed by atoms with E-state index >= 15 is 8.78 Å². The molecule has 1 atom stereocenters. The van der Waals surface area contributed by atoms with Crippen LogP contribution in [0.25, 0.3) is 16.6 Å².